The number of ketones is 1. The van der Waals surface area contributed by atoms with Gasteiger partial charge in [0.1, 0.15) is 13.3 Å². The molecule has 1 unspecified atom stereocenters. The van der Waals surface area contributed by atoms with Gasteiger partial charge in [0.25, 0.3) is 23.6 Å². The number of nitrogens with two attached hydrogens (primary N) is 3. The zero-order valence-electron chi connectivity index (χ0n) is 48.9. The molecule has 84 heavy (non-hydrogen) atoms. The number of aliphatic hydroxyl groups excluding tert-OH is 3. The third-order valence-corrected chi connectivity index (χ3v) is 12.6. The fraction of sp³-hybridized carbons (Fsp3) is 0.333. The SMILES string of the molecule is NCCCCCO.Nc1ccc(CNC(=O)c2ccc(C(=O)NCc3ccc(N)cc3)cc2)cc1.O=C(CCCCCCO)Cc1ccc(CNC(=O)c2ccc(C(=O)NCc3ccc(NC(=O)NCCCCCO)cc3)cc2)cc1.[3H][B]P.[U]. The number of Topliss-reactive ketones (excluding diaryl/α,β-unsaturated/α-hetero) is 1. The zero-order chi connectivity index (χ0) is 61.2. The summed E-state index contributed by atoms with van der Waals surface area (Å²) in [5.74, 6) is -0.725. The van der Waals surface area contributed by atoms with E-state index in [0.29, 0.717) is 91.5 Å². The van der Waals surface area contributed by atoms with E-state index in [1.165, 1.54) is 7.53 Å². The van der Waals surface area contributed by atoms with Crippen LogP contribution in [0.2, 0.25) is 0 Å². The van der Waals surface area contributed by atoms with E-state index in [0.717, 1.165) is 98.6 Å². The number of nitrogens with one attached hydrogen (secondary N) is 6. The number of carbonyl (C=O) groups is 6. The number of rotatable bonds is 30. The number of hydrogen-bond donors (Lipinski definition) is 12. The molecule has 0 aliphatic carbocycles. The summed E-state index contributed by atoms with van der Waals surface area (Å²) >= 11 is 0. The summed E-state index contributed by atoms with van der Waals surface area (Å²) in [5, 5.41) is 42.8. The number of hydrogen-bond acceptors (Lipinski definition) is 12. The van der Waals surface area contributed by atoms with Gasteiger partial charge in [0.15, 0.2) is 0 Å². The molecule has 0 aromatic heterocycles. The first-order valence-electron chi connectivity index (χ1n) is 28.5. The maximum Gasteiger partial charge on any atom is 0.319 e. The first-order chi connectivity index (χ1) is 40.7. The summed E-state index contributed by atoms with van der Waals surface area (Å²) in [5.41, 5.74) is 25.0. The minimum absolute atomic E-state index is 0. The van der Waals surface area contributed by atoms with Crippen LogP contribution in [0.1, 0.15) is 140 Å². The van der Waals surface area contributed by atoms with E-state index in [1.54, 1.807) is 84.9 Å². The Balaban J connectivity index is 0.000000533. The van der Waals surface area contributed by atoms with Gasteiger partial charge in [-0.25, -0.2) is 4.79 Å². The topological polar surface area (TPSA) is 313 Å². The van der Waals surface area contributed by atoms with Crippen molar-refractivity contribution in [3.05, 3.63) is 196 Å². The molecular formula is C63H84BN9O9PU. The van der Waals surface area contributed by atoms with Gasteiger partial charge in [0, 0.05) is 136 Å². The van der Waals surface area contributed by atoms with E-state index in [-0.39, 0.29) is 79.8 Å². The van der Waals surface area contributed by atoms with Crippen molar-refractivity contribution in [2.24, 2.45) is 5.73 Å². The molecule has 0 fully saturated rings. The predicted octanol–water partition coefficient (Wildman–Crippen LogP) is 7.38. The molecule has 0 heterocycles. The number of aliphatic hydroxyl groups is 3. The first-order valence-corrected chi connectivity index (χ1v) is 28.6. The molecule has 0 aliphatic heterocycles. The largest absolute Gasteiger partial charge is 0.399 e. The Labute approximate surface area is 523 Å². The van der Waals surface area contributed by atoms with Crippen LogP contribution in [0, 0.1) is 31.1 Å². The van der Waals surface area contributed by atoms with Crippen molar-refractivity contribution in [3.63, 3.8) is 0 Å². The molecule has 1 radical (unpaired) electrons. The van der Waals surface area contributed by atoms with Gasteiger partial charge in [-0.15, -0.1) is 0 Å². The number of benzene rings is 6. The number of nitrogen functional groups attached to an aromatic ring is 2. The van der Waals surface area contributed by atoms with Crippen molar-refractivity contribution in [1.29, 1.82) is 1.34 Å². The van der Waals surface area contributed by atoms with E-state index >= 15 is 0 Å². The van der Waals surface area contributed by atoms with Gasteiger partial charge < -0.3 is 64.4 Å². The van der Waals surface area contributed by atoms with Crippen LogP contribution < -0.4 is 49.1 Å². The second kappa shape index (κ2) is 44.6. The van der Waals surface area contributed by atoms with Crippen LogP contribution in [0.3, 0.4) is 0 Å². The molecule has 18 nitrogen and oxygen atoms in total. The van der Waals surface area contributed by atoms with Gasteiger partial charge in [-0.1, -0.05) is 73.5 Å². The van der Waals surface area contributed by atoms with E-state index in [9.17, 15) is 28.8 Å². The summed E-state index contributed by atoms with van der Waals surface area (Å²) in [4.78, 5) is 74.0. The average molecular weight is 1390 g/mol. The van der Waals surface area contributed by atoms with Crippen LogP contribution in [0.25, 0.3) is 0 Å². The number of carbonyl (C=O) groups excluding carboxylic acids is 6. The normalized spacial score (nSPS) is 10.2. The number of unbranched alkanes of at least 4 members (excludes halogenated alkanes) is 7. The molecule has 6 rings (SSSR count). The van der Waals surface area contributed by atoms with Crippen molar-refractivity contribution >= 4 is 69.2 Å². The molecule has 0 saturated heterocycles. The Hall–Kier alpha value is -6.87. The molecule has 6 aromatic rings. The van der Waals surface area contributed by atoms with Crippen LogP contribution in [0.15, 0.2) is 146 Å². The molecule has 1 atom stereocenters. The third-order valence-electron chi connectivity index (χ3n) is 12.6. The standard InChI is InChI=1S/C36H46N4O6.C22H22N4O2.C5H13NO.BH3P.U/c41-22-6-2-1-4-8-33(43)24-27-9-11-28(12-10-27)25-38-34(44)30-15-17-31(18-16-30)35(45)39-26-29-13-19-32(20-14-29)40-36(46)37-21-5-3-7-23-42;23-19-9-1-15(2-10-19)13-25-21(27)17-5-7-18(8-6-17)22(28)26-14-16-3-11-20(24)12-4-16;6-4-2-1-3-5-7;1-2;/h9-20,41-42H,1-8,21-26H2,(H,38,44)(H,39,45)(H2,37,40,46);1-12H,13-14,23-24H2,(H,25,27)(H,26,28);7H,1-6H2;1H,2H2;/i;;;1T;. The quantitative estimate of drug-likeness (QED) is 0.00910. The van der Waals surface area contributed by atoms with E-state index in [1.807, 2.05) is 60.7 Å². The van der Waals surface area contributed by atoms with E-state index < -0.39 is 0 Å². The van der Waals surface area contributed by atoms with Crippen LogP contribution in [0.5, 0.6) is 0 Å². The first kappa shape index (κ1) is 71.4. The number of urea groups is 1. The molecule has 6 aromatic carbocycles. The van der Waals surface area contributed by atoms with Crippen molar-refractivity contribution < 1.29 is 75.2 Å². The fourth-order valence-corrected chi connectivity index (χ4v) is 7.76. The van der Waals surface area contributed by atoms with Crippen LogP contribution >= 0.6 is 9.12 Å². The monoisotopic (exact) mass is 1390 g/mol. The minimum Gasteiger partial charge on any atom is -0.399 e. The maximum absolute atomic E-state index is 12.7. The Morgan fingerprint density at radius 2 is 0.738 bits per heavy atom. The van der Waals surface area contributed by atoms with Gasteiger partial charge in [0.05, 0.1) is 0 Å². The second-order valence-electron chi connectivity index (χ2n) is 19.2. The van der Waals surface area contributed by atoms with Crippen LogP contribution in [-0.4, -0.2) is 92.5 Å². The third kappa shape index (κ3) is 31.1. The van der Waals surface area contributed by atoms with Crippen molar-refractivity contribution in [3.8, 4) is 0 Å². The summed E-state index contributed by atoms with van der Waals surface area (Å²) in [6.07, 6.45) is 9.85. The van der Waals surface area contributed by atoms with Gasteiger partial charge >= 0.3 is 6.03 Å². The molecule has 0 aliphatic rings. The number of anilines is 3. The Bertz CT molecular complexity index is 2650. The average Bonchev–Trinajstić information content (AvgIpc) is 3.65. The van der Waals surface area contributed by atoms with Gasteiger partial charge in [0.2, 0.25) is 0 Å². The minimum atomic E-state index is -0.293. The summed E-state index contributed by atoms with van der Waals surface area (Å²) < 4.78 is 6.05. The summed E-state index contributed by atoms with van der Waals surface area (Å²) in [7, 11) is 3.29. The fourth-order valence-electron chi connectivity index (χ4n) is 7.76. The van der Waals surface area contributed by atoms with Gasteiger partial charge in [-0.3, -0.25) is 24.0 Å². The predicted molar refractivity (Wildman–Crippen MR) is 336 cm³/mol. The molecule has 15 N–H and O–H groups in total. The van der Waals surface area contributed by atoms with E-state index in [2.05, 4.69) is 41.0 Å². The maximum atomic E-state index is 12.7. The van der Waals surface area contributed by atoms with Crippen LogP contribution in [-0.2, 0) is 37.4 Å². The van der Waals surface area contributed by atoms with Gasteiger partial charge in [-0.2, -0.15) is 9.12 Å². The second-order valence-corrected chi connectivity index (χ2v) is 19.2. The Morgan fingerprint density at radius 3 is 1.10 bits per heavy atom. The van der Waals surface area contributed by atoms with Crippen molar-refractivity contribution in [2.45, 2.75) is 103 Å². The zero-order valence-corrected chi connectivity index (χ0v) is 53.2. The van der Waals surface area contributed by atoms with Gasteiger partial charge in [-0.05, 0) is 172 Å². The Morgan fingerprint density at radius 1 is 0.429 bits per heavy atom. The summed E-state index contributed by atoms with van der Waals surface area (Å²) in [6.45, 7) is 3.40. The molecule has 0 bridgehead atoms. The van der Waals surface area contributed by atoms with Crippen molar-refractivity contribution in [1.82, 2.24) is 26.6 Å². The number of amides is 6. The molecule has 0 saturated carbocycles. The molecule has 6 amide bonds. The molecular weight excluding hydrogens is 1310 g/mol. The van der Waals surface area contributed by atoms with E-state index in [4.69, 9.17) is 33.9 Å². The molecule has 447 valence electrons. The molecule has 0 spiro atoms. The smallest absolute Gasteiger partial charge is 0.319 e. The van der Waals surface area contributed by atoms with Crippen LogP contribution in [0.4, 0.5) is 21.9 Å². The Kier molecular flexibility index (Phi) is 37.9. The summed E-state index contributed by atoms with van der Waals surface area (Å²) in [6, 6.07) is 42.1. The molecule has 21 heteroatoms. The van der Waals surface area contributed by atoms with Crippen molar-refractivity contribution in [2.75, 3.05) is 49.7 Å².